The third-order valence-electron chi connectivity index (χ3n) is 8.31. The van der Waals surface area contributed by atoms with E-state index in [0.29, 0.717) is 43.8 Å². The Labute approximate surface area is 284 Å². The van der Waals surface area contributed by atoms with Gasteiger partial charge in [0.15, 0.2) is 11.9 Å². The number of alkyl halides is 3. The molecule has 0 saturated heterocycles. The molecule has 0 aliphatic carbocycles. The van der Waals surface area contributed by atoms with Crippen LogP contribution in [0.15, 0.2) is 72.8 Å². The second-order valence-electron chi connectivity index (χ2n) is 12.2. The lowest BCUT2D eigenvalue weighted by molar-refractivity contribution is -0.206. The van der Waals surface area contributed by atoms with Gasteiger partial charge < -0.3 is 14.2 Å². The molecule has 1 atom stereocenters. The zero-order valence-electron chi connectivity index (χ0n) is 28.5. The Kier molecular flexibility index (Phi) is 17.3. The summed E-state index contributed by atoms with van der Waals surface area (Å²) >= 11 is 0. The van der Waals surface area contributed by atoms with Gasteiger partial charge in [0.2, 0.25) is 0 Å². The molecule has 0 spiro atoms. The highest BCUT2D eigenvalue weighted by molar-refractivity contribution is 6.09. The molecule has 0 fully saturated rings. The van der Waals surface area contributed by atoms with Crippen molar-refractivity contribution in [1.82, 2.24) is 0 Å². The molecule has 5 nitrogen and oxygen atoms in total. The van der Waals surface area contributed by atoms with Gasteiger partial charge in [0.25, 0.3) is 0 Å². The summed E-state index contributed by atoms with van der Waals surface area (Å²) in [6.07, 6.45) is 5.73. The first-order chi connectivity index (χ1) is 23.2. The Morgan fingerprint density at radius 1 is 0.604 bits per heavy atom. The average molecular weight is 669 g/mol. The van der Waals surface area contributed by atoms with Gasteiger partial charge in [0.1, 0.15) is 5.75 Å². The molecule has 0 N–H and O–H groups in total. The molecule has 3 aromatic carbocycles. The van der Waals surface area contributed by atoms with E-state index in [1.54, 1.807) is 12.1 Å². The van der Waals surface area contributed by atoms with Gasteiger partial charge in [-0.2, -0.15) is 13.2 Å². The number of ether oxygens (including phenoxy) is 3. The van der Waals surface area contributed by atoms with Crippen molar-refractivity contribution in [1.29, 1.82) is 0 Å². The number of esters is 1. The van der Waals surface area contributed by atoms with Crippen molar-refractivity contribution < 1.29 is 37.0 Å². The summed E-state index contributed by atoms with van der Waals surface area (Å²) in [7, 11) is 0. The van der Waals surface area contributed by atoms with E-state index in [1.807, 2.05) is 43.3 Å². The van der Waals surface area contributed by atoms with Gasteiger partial charge in [-0.05, 0) is 68.0 Å². The standard InChI is InChI=1S/C40H51F3O5/c1-3-5-6-7-8-9-10-11-15-30-47-36-27-25-32(26-28-36)31-17-19-33(20-18-31)38(44)34-21-23-35(24-22-34)39(45)48-37(40(41,42)43)16-13-12-14-29-46-4-2/h17-28,37H,3-16,29-30H2,1-2H3. The number of carbonyl (C=O) groups is 2. The molecule has 3 rings (SSSR count). The van der Waals surface area contributed by atoms with E-state index in [4.69, 9.17) is 14.2 Å². The van der Waals surface area contributed by atoms with Gasteiger partial charge >= 0.3 is 12.1 Å². The van der Waals surface area contributed by atoms with E-state index in [-0.39, 0.29) is 24.2 Å². The first kappa shape index (κ1) is 38.8. The van der Waals surface area contributed by atoms with Gasteiger partial charge in [0, 0.05) is 24.3 Å². The SMILES string of the molecule is CCCCCCCCCCCOc1ccc(-c2ccc(C(=O)c3ccc(C(=O)OC(CCCCCOCC)C(F)(F)F)cc3)cc2)cc1. The fourth-order valence-corrected chi connectivity index (χ4v) is 5.43. The Balaban J connectivity index is 1.45. The molecule has 0 heterocycles. The van der Waals surface area contributed by atoms with E-state index in [1.165, 1.54) is 75.6 Å². The molecular formula is C40H51F3O5. The quantitative estimate of drug-likeness (QED) is 0.0572. The van der Waals surface area contributed by atoms with Crippen LogP contribution in [0, 0.1) is 0 Å². The fourth-order valence-electron chi connectivity index (χ4n) is 5.43. The number of unbranched alkanes of at least 4 members (excludes halogenated alkanes) is 10. The highest BCUT2D eigenvalue weighted by Crippen LogP contribution is 2.28. The summed E-state index contributed by atoms with van der Waals surface area (Å²) in [6, 6.07) is 20.6. The van der Waals surface area contributed by atoms with E-state index < -0.39 is 18.2 Å². The van der Waals surface area contributed by atoms with E-state index >= 15 is 0 Å². The first-order valence-corrected chi connectivity index (χ1v) is 17.6. The molecule has 0 aromatic heterocycles. The van der Waals surface area contributed by atoms with Crippen molar-refractivity contribution in [3.05, 3.63) is 89.5 Å². The molecule has 48 heavy (non-hydrogen) atoms. The van der Waals surface area contributed by atoms with Crippen LogP contribution in [0.25, 0.3) is 11.1 Å². The third kappa shape index (κ3) is 13.8. The van der Waals surface area contributed by atoms with Crippen LogP contribution >= 0.6 is 0 Å². The maximum atomic E-state index is 13.5. The number of halogens is 3. The second kappa shape index (κ2) is 21.3. The van der Waals surface area contributed by atoms with Crippen molar-refractivity contribution in [2.45, 2.75) is 110 Å². The van der Waals surface area contributed by atoms with Crippen LogP contribution in [0.2, 0.25) is 0 Å². The number of ketones is 1. The maximum Gasteiger partial charge on any atom is 0.425 e. The molecule has 0 radical (unpaired) electrons. The monoisotopic (exact) mass is 668 g/mol. The molecular weight excluding hydrogens is 617 g/mol. The lowest BCUT2D eigenvalue weighted by atomic mass is 9.98. The Bertz CT molecular complexity index is 1340. The lowest BCUT2D eigenvalue weighted by Gasteiger charge is -2.20. The highest BCUT2D eigenvalue weighted by atomic mass is 19.4. The summed E-state index contributed by atoms with van der Waals surface area (Å²) in [5.41, 5.74) is 2.66. The fraction of sp³-hybridized carbons (Fsp3) is 0.500. The molecule has 0 amide bonds. The van der Waals surface area contributed by atoms with Crippen LogP contribution < -0.4 is 4.74 Å². The Morgan fingerprint density at radius 2 is 1.08 bits per heavy atom. The highest BCUT2D eigenvalue weighted by Gasteiger charge is 2.42. The van der Waals surface area contributed by atoms with Crippen LogP contribution in [0.3, 0.4) is 0 Å². The number of carbonyl (C=O) groups excluding carboxylic acids is 2. The van der Waals surface area contributed by atoms with Crippen LogP contribution in [0.1, 0.15) is 124 Å². The topological polar surface area (TPSA) is 61.8 Å². The number of hydrogen-bond donors (Lipinski definition) is 0. The maximum absolute atomic E-state index is 13.5. The molecule has 262 valence electrons. The first-order valence-electron chi connectivity index (χ1n) is 17.6. The summed E-state index contributed by atoms with van der Waals surface area (Å²) in [5, 5.41) is 0. The normalized spacial score (nSPS) is 12.1. The largest absolute Gasteiger partial charge is 0.494 e. The van der Waals surface area contributed by atoms with Gasteiger partial charge in [-0.1, -0.05) is 113 Å². The zero-order chi connectivity index (χ0) is 34.6. The predicted octanol–water partition coefficient (Wildman–Crippen LogP) is 11.2. The third-order valence-corrected chi connectivity index (χ3v) is 8.31. The minimum absolute atomic E-state index is 0.0481. The minimum Gasteiger partial charge on any atom is -0.494 e. The molecule has 8 heteroatoms. The second-order valence-corrected chi connectivity index (χ2v) is 12.2. The van der Waals surface area contributed by atoms with E-state index in [9.17, 15) is 22.8 Å². The average Bonchev–Trinajstić information content (AvgIpc) is 3.09. The van der Waals surface area contributed by atoms with E-state index in [2.05, 4.69) is 6.92 Å². The van der Waals surface area contributed by atoms with Crippen LogP contribution in [0.4, 0.5) is 13.2 Å². The van der Waals surface area contributed by atoms with Gasteiger partial charge in [-0.15, -0.1) is 0 Å². The zero-order valence-corrected chi connectivity index (χ0v) is 28.5. The lowest BCUT2D eigenvalue weighted by Crippen LogP contribution is -2.33. The van der Waals surface area contributed by atoms with Crippen LogP contribution in [-0.4, -0.2) is 43.9 Å². The minimum atomic E-state index is -4.67. The van der Waals surface area contributed by atoms with Crippen LogP contribution in [-0.2, 0) is 9.47 Å². The van der Waals surface area contributed by atoms with Gasteiger partial charge in [0.05, 0.1) is 12.2 Å². The number of benzene rings is 3. The molecule has 0 aliphatic heterocycles. The van der Waals surface area contributed by atoms with Gasteiger partial charge in [-0.25, -0.2) is 4.79 Å². The smallest absolute Gasteiger partial charge is 0.425 e. The molecule has 1 unspecified atom stereocenters. The van der Waals surface area contributed by atoms with Crippen molar-refractivity contribution in [2.75, 3.05) is 19.8 Å². The van der Waals surface area contributed by atoms with E-state index in [0.717, 1.165) is 23.3 Å². The van der Waals surface area contributed by atoms with Crippen molar-refractivity contribution >= 4 is 11.8 Å². The molecule has 0 aliphatic rings. The van der Waals surface area contributed by atoms with Crippen molar-refractivity contribution in [3.8, 4) is 16.9 Å². The Morgan fingerprint density at radius 3 is 1.65 bits per heavy atom. The number of hydrogen-bond acceptors (Lipinski definition) is 5. The Hall–Kier alpha value is -3.65. The number of rotatable bonds is 23. The van der Waals surface area contributed by atoms with Crippen molar-refractivity contribution in [3.63, 3.8) is 0 Å². The molecule has 0 saturated carbocycles. The van der Waals surface area contributed by atoms with Crippen molar-refractivity contribution in [2.24, 2.45) is 0 Å². The predicted molar refractivity (Wildman–Crippen MR) is 185 cm³/mol. The van der Waals surface area contributed by atoms with Crippen LogP contribution in [0.5, 0.6) is 5.75 Å². The summed E-state index contributed by atoms with van der Waals surface area (Å²) in [6.45, 7) is 5.85. The summed E-state index contributed by atoms with van der Waals surface area (Å²) in [5.74, 6) is -0.503. The van der Waals surface area contributed by atoms with Gasteiger partial charge in [-0.3, -0.25) is 4.79 Å². The molecule has 0 bridgehead atoms. The summed E-state index contributed by atoms with van der Waals surface area (Å²) in [4.78, 5) is 25.6. The summed E-state index contributed by atoms with van der Waals surface area (Å²) < 4.78 is 56.5. The molecule has 3 aromatic rings.